The lowest BCUT2D eigenvalue weighted by Gasteiger charge is -2.15. The molecule has 3 rings (SSSR count). The fourth-order valence-electron chi connectivity index (χ4n) is 2.51. The van der Waals surface area contributed by atoms with Crippen LogP contribution in [0.5, 0.6) is 5.75 Å². The third-order valence-corrected chi connectivity index (χ3v) is 3.66. The van der Waals surface area contributed by atoms with Crippen molar-refractivity contribution in [1.29, 1.82) is 0 Å². The number of benzene rings is 2. The second-order valence-corrected chi connectivity index (χ2v) is 5.06. The van der Waals surface area contributed by atoms with Crippen molar-refractivity contribution in [3.05, 3.63) is 76.1 Å². The van der Waals surface area contributed by atoms with Gasteiger partial charge in [0.2, 0.25) is 0 Å². The molecule has 22 heavy (non-hydrogen) atoms. The summed E-state index contributed by atoms with van der Waals surface area (Å²) in [6.45, 7) is 2.13. The van der Waals surface area contributed by atoms with Crippen LogP contribution in [0, 0.1) is 0 Å². The van der Waals surface area contributed by atoms with Gasteiger partial charge in [-0.25, -0.2) is 0 Å². The summed E-state index contributed by atoms with van der Waals surface area (Å²) in [5, 5.41) is 10.9. The van der Waals surface area contributed by atoms with Crippen LogP contribution >= 0.6 is 0 Å². The highest BCUT2D eigenvalue weighted by Gasteiger charge is 2.15. The molecule has 0 amide bonds. The predicted octanol–water partition coefficient (Wildman–Crippen LogP) is 2.90. The van der Waals surface area contributed by atoms with Gasteiger partial charge in [0, 0.05) is 5.39 Å². The van der Waals surface area contributed by atoms with Crippen molar-refractivity contribution in [2.45, 2.75) is 20.0 Å². The summed E-state index contributed by atoms with van der Waals surface area (Å²) < 4.78 is 1.28. The fraction of sp³-hybridized carbons (Fsp3) is 0.167. The molecule has 1 heterocycles. The molecule has 0 aliphatic heterocycles. The summed E-state index contributed by atoms with van der Waals surface area (Å²) in [6.07, 6.45) is 0.449. The third-order valence-electron chi connectivity index (χ3n) is 3.66. The first kappa shape index (κ1) is 14.2. The zero-order valence-corrected chi connectivity index (χ0v) is 12.3. The highest BCUT2D eigenvalue weighted by molar-refractivity contribution is 5.86. The molecule has 0 saturated heterocycles. The quantitative estimate of drug-likeness (QED) is 0.805. The predicted molar refractivity (Wildman–Crippen MR) is 86.0 cm³/mol. The molecule has 2 aromatic carbocycles. The Balaban J connectivity index is 2.10. The SMILES string of the molecule is CCc1c(O)c2ccccc2n(OCc2ccccc2)c1=O. The zero-order chi connectivity index (χ0) is 15.5. The van der Waals surface area contributed by atoms with E-state index < -0.39 is 0 Å². The Morgan fingerprint density at radius 1 is 1.05 bits per heavy atom. The first-order valence-electron chi connectivity index (χ1n) is 7.25. The van der Waals surface area contributed by atoms with Gasteiger partial charge in [-0.15, -0.1) is 4.73 Å². The van der Waals surface area contributed by atoms with Crippen LogP contribution in [0.2, 0.25) is 0 Å². The maximum atomic E-state index is 12.5. The van der Waals surface area contributed by atoms with E-state index in [0.29, 0.717) is 29.5 Å². The van der Waals surface area contributed by atoms with Crippen molar-refractivity contribution < 1.29 is 9.94 Å². The number of fused-ring (bicyclic) bond motifs is 1. The zero-order valence-electron chi connectivity index (χ0n) is 12.3. The van der Waals surface area contributed by atoms with Crippen molar-refractivity contribution >= 4 is 10.9 Å². The lowest BCUT2D eigenvalue weighted by molar-refractivity contribution is 0.0983. The van der Waals surface area contributed by atoms with E-state index in [1.807, 2.05) is 49.4 Å². The number of aromatic nitrogens is 1. The van der Waals surface area contributed by atoms with Gasteiger partial charge in [-0.2, -0.15) is 0 Å². The molecule has 0 saturated carbocycles. The van der Waals surface area contributed by atoms with Crippen LogP contribution in [-0.4, -0.2) is 9.84 Å². The van der Waals surface area contributed by atoms with Crippen molar-refractivity contribution in [3.8, 4) is 5.75 Å². The maximum Gasteiger partial charge on any atom is 0.290 e. The van der Waals surface area contributed by atoms with E-state index in [1.54, 1.807) is 12.1 Å². The smallest absolute Gasteiger partial charge is 0.290 e. The Kier molecular flexibility index (Phi) is 3.83. The number of hydrogen-bond acceptors (Lipinski definition) is 3. The number of para-hydroxylation sites is 1. The fourth-order valence-corrected chi connectivity index (χ4v) is 2.51. The van der Waals surface area contributed by atoms with Crippen molar-refractivity contribution in [1.82, 2.24) is 4.73 Å². The van der Waals surface area contributed by atoms with Gasteiger partial charge >= 0.3 is 0 Å². The number of nitrogens with zero attached hydrogens (tertiary/aromatic N) is 1. The van der Waals surface area contributed by atoms with Gasteiger partial charge < -0.3 is 9.94 Å². The van der Waals surface area contributed by atoms with Crippen molar-refractivity contribution in [2.24, 2.45) is 0 Å². The normalized spacial score (nSPS) is 10.8. The maximum absolute atomic E-state index is 12.5. The largest absolute Gasteiger partial charge is 0.507 e. The molecule has 0 aliphatic carbocycles. The summed E-state index contributed by atoms with van der Waals surface area (Å²) in [7, 11) is 0. The highest BCUT2D eigenvalue weighted by Crippen LogP contribution is 2.25. The lowest BCUT2D eigenvalue weighted by Crippen LogP contribution is -2.29. The molecular formula is C18H17NO3. The van der Waals surface area contributed by atoms with Crippen LogP contribution in [0.1, 0.15) is 18.1 Å². The molecule has 112 valence electrons. The van der Waals surface area contributed by atoms with E-state index in [1.165, 1.54) is 4.73 Å². The van der Waals surface area contributed by atoms with Crippen molar-refractivity contribution in [2.75, 3.05) is 0 Å². The minimum Gasteiger partial charge on any atom is -0.507 e. The average molecular weight is 295 g/mol. The van der Waals surface area contributed by atoms with Gasteiger partial charge in [0.15, 0.2) is 0 Å². The van der Waals surface area contributed by atoms with Gasteiger partial charge in [0.1, 0.15) is 12.4 Å². The molecule has 0 atom stereocenters. The van der Waals surface area contributed by atoms with E-state index in [-0.39, 0.29) is 11.3 Å². The van der Waals surface area contributed by atoms with Gasteiger partial charge in [-0.05, 0) is 24.1 Å². The Hall–Kier alpha value is -2.75. The molecule has 0 fully saturated rings. The number of pyridine rings is 1. The highest BCUT2D eigenvalue weighted by atomic mass is 16.7. The summed E-state index contributed by atoms with van der Waals surface area (Å²) in [5.74, 6) is 0.0441. The van der Waals surface area contributed by atoms with E-state index in [0.717, 1.165) is 5.56 Å². The van der Waals surface area contributed by atoms with Gasteiger partial charge in [0.25, 0.3) is 5.56 Å². The molecule has 4 heteroatoms. The van der Waals surface area contributed by atoms with E-state index in [9.17, 15) is 9.90 Å². The third kappa shape index (κ3) is 2.44. The Morgan fingerprint density at radius 2 is 1.73 bits per heavy atom. The monoisotopic (exact) mass is 295 g/mol. The molecular weight excluding hydrogens is 278 g/mol. The van der Waals surface area contributed by atoms with Crippen molar-refractivity contribution in [3.63, 3.8) is 0 Å². The molecule has 0 unspecified atom stereocenters. The number of rotatable bonds is 4. The second kappa shape index (κ2) is 5.93. The summed E-state index contributed by atoms with van der Waals surface area (Å²) >= 11 is 0. The van der Waals surface area contributed by atoms with Crippen LogP contribution in [-0.2, 0) is 13.0 Å². The van der Waals surface area contributed by atoms with Crippen LogP contribution in [0.3, 0.4) is 0 Å². The first-order valence-corrected chi connectivity index (χ1v) is 7.25. The van der Waals surface area contributed by atoms with E-state index in [2.05, 4.69) is 0 Å². The van der Waals surface area contributed by atoms with Crippen LogP contribution < -0.4 is 10.4 Å². The van der Waals surface area contributed by atoms with Crippen LogP contribution in [0.4, 0.5) is 0 Å². The molecule has 4 nitrogen and oxygen atoms in total. The Labute approximate surface area is 128 Å². The van der Waals surface area contributed by atoms with Crippen LogP contribution in [0.25, 0.3) is 10.9 Å². The molecule has 0 bridgehead atoms. The molecule has 1 N–H and O–H groups in total. The first-order chi connectivity index (χ1) is 10.7. The average Bonchev–Trinajstić information content (AvgIpc) is 2.56. The molecule has 0 radical (unpaired) electrons. The molecule has 3 aromatic rings. The van der Waals surface area contributed by atoms with Gasteiger partial charge in [-0.1, -0.05) is 49.4 Å². The molecule has 0 spiro atoms. The lowest BCUT2D eigenvalue weighted by atomic mass is 10.1. The minimum absolute atomic E-state index is 0.0441. The Morgan fingerprint density at radius 3 is 2.45 bits per heavy atom. The second-order valence-electron chi connectivity index (χ2n) is 5.06. The van der Waals surface area contributed by atoms with E-state index in [4.69, 9.17) is 4.84 Å². The molecule has 0 aliphatic rings. The van der Waals surface area contributed by atoms with E-state index >= 15 is 0 Å². The minimum atomic E-state index is -0.311. The molecule has 1 aromatic heterocycles. The number of aromatic hydroxyl groups is 1. The topological polar surface area (TPSA) is 51.5 Å². The summed E-state index contributed by atoms with van der Waals surface area (Å²) in [6, 6.07) is 16.8. The van der Waals surface area contributed by atoms with Crippen LogP contribution in [0.15, 0.2) is 59.4 Å². The standard InChI is InChI=1S/C18H17NO3/c1-2-14-17(20)15-10-6-7-11-16(15)19(18(14)21)22-12-13-8-4-3-5-9-13/h3-11,20H,2,12H2,1H3. The Bertz CT molecular complexity index is 853. The summed E-state index contributed by atoms with van der Waals surface area (Å²) in [5.41, 5.74) is 1.60. The van der Waals surface area contributed by atoms with Gasteiger partial charge in [-0.3, -0.25) is 4.79 Å². The summed E-state index contributed by atoms with van der Waals surface area (Å²) in [4.78, 5) is 18.3. The number of hydrogen-bond donors (Lipinski definition) is 1. The van der Waals surface area contributed by atoms with Gasteiger partial charge in [0.05, 0.1) is 11.1 Å².